The lowest BCUT2D eigenvalue weighted by Crippen LogP contribution is -2.29. The molecule has 2 aliphatic rings. The number of aliphatic hydroxyl groups excluding tert-OH is 1. The Morgan fingerprint density at radius 3 is 2.55 bits per heavy atom. The number of allylic oxidation sites excluding steroid dienone is 4. The van der Waals surface area contributed by atoms with Crippen LogP contribution in [0, 0.1) is 5.82 Å². The second-order valence-corrected chi connectivity index (χ2v) is 10.7. The Hall–Kier alpha value is -3.05. The van der Waals surface area contributed by atoms with E-state index in [1.807, 2.05) is 30.4 Å². The molecule has 38 heavy (non-hydrogen) atoms. The summed E-state index contributed by atoms with van der Waals surface area (Å²) >= 11 is 0. The minimum absolute atomic E-state index is 0.245. The van der Waals surface area contributed by atoms with Crippen molar-refractivity contribution in [3.05, 3.63) is 95.0 Å². The van der Waals surface area contributed by atoms with Crippen LogP contribution in [-0.4, -0.2) is 41.4 Å². The average molecular weight is 520 g/mol. The van der Waals surface area contributed by atoms with E-state index in [9.17, 15) is 14.6 Å². The molecule has 1 heterocycles. The third kappa shape index (κ3) is 8.49. The number of rotatable bonds is 8. The van der Waals surface area contributed by atoms with Crippen molar-refractivity contribution in [1.82, 2.24) is 4.90 Å². The maximum absolute atomic E-state index is 14.8. The highest BCUT2D eigenvalue weighted by atomic mass is 19.1. The van der Waals surface area contributed by atoms with Gasteiger partial charge in [-0.05, 0) is 123 Å². The van der Waals surface area contributed by atoms with Gasteiger partial charge in [0.15, 0.2) is 11.6 Å². The molecule has 1 aliphatic carbocycles. The standard InChI is InChI=1S/C33H42FNO3/c1-25-10-14-29(36)9-5-4-8-27(22-25)31-16-15-30(37)24-28(31)13-11-26-12-17-33(32(34)23-26)38-21-20-35-18-6-2-3-7-19-35/h9-10,12,14-17,23-24,27,36-37H,1-8,11,13,18-22H2/b14-10-,29-9+. The number of nitrogens with zero attached hydrogens (tertiary/aromatic N) is 1. The first kappa shape index (κ1) is 28.0. The van der Waals surface area contributed by atoms with Crippen LogP contribution < -0.4 is 4.74 Å². The SMILES string of the molecule is C=C1/C=C\C(O)=C/CCCC(c2ccc(O)cc2CCc2ccc(OCCN3CCCCCC3)c(F)c2)C1. The minimum atomic E-state index is -0.318. The molecule has 4 rings (SSSR count). The number of aliphatic hydroxyl groups is 1. The lowest BCUT2D eigenvalue weighted by molar-refractivity contribution is 0.209. The van der Waals surface area contributed by atoms with E-state index >= 15 is 0 Å². The van der Waals surface area contributed by atoms with Gasteiger partial charge in [-0.3, -0.25) is 4.90 Å². The van der Waals surface area contributed by atoms with Crippen LogP contribution in [0.25, 0.3) is 0 Å². The average Bonchev–Trinajstić information content (AvgIpc) is 3.18. The van der Waals surface area contributed by atoms with Crippen LogP contribution in [0.3, 0.4) is 0 Å². The Bertz CT molecular complexity index is 1130. The number of phenols is 1. The first-order valence-corrected chi connectivity index (χ1v) is 14.2. The summed E-state index contributed by atoms with van der Waals surface area (Å²) in [5.41, 5.74) is 4.17. The van der Waals surface area contributed by atoms with E-state index in [2.05, 4.69) is 11.5 Å². The van der Waals surface area contributed by atoms with Gasteiger partial charge in [0.05, 0.1) is 0 Å². The zero-order valence-electron chi connectivity index (χ0n) is 22.5. The van der Waals surface area contributed by atoms with Gasteiger partial charge in [-0.1, -0.05) is 43.2 Å². The number of ether oxygens (including phenoxy) is 1. The van der Waals surface area contributed by atoms with Gasteiger partial charge in [0.25, 0.3) is 0 Å². The molecule has 1 unspecified atom stereocenters. The quantitative estimate of drug-likeness (QED) is 0.374. The van der Waals surface area contributed by atoms with Gasteiger partial charge >= 0.3 is 0 Å². The van der Waals surface area contributed by atoms with Gasteiger partial charge < -0.3 is 14.9 Å². The lowest BCUT2D eigenvalue weighted by Gasteiger charge is -2.22. The first-order chi connectivity index (χ1) is 18.5. The smallest absolute Gasteiger partial charge is 0.165 e. The number of phenolic OH excluding ortho intramolecular Hbond substituents is 1. The zero-order chi connectivity index (χ0) is 26.7. The molecule has 0 spiro atoms. The molecule has 5 heteroatoms. The van der Waals surface area contributed by atoms with Crippen molar-refractivity contribution in [2.24, 2.45) is 0 Å². The van der Waals surface area contributed by atoms with Gasteiger partial charge in [-0.25, -0.2) is 4.39 Å². The van der Waals surface area contributed by atoms with E-state index in [1.165, 1.54) is 31.2 Å². The van der Waals surface area contributed by atoms with Crippen molar-refractivity contribution in [1.29, 1.82) is 0 Å². The molecular formula is C33H42FNO3. The highest BCUT2D eigenvalue weighted by molar-refractivity contribution is 5.40. The van der Waals surface area contributed by atoms with Crippen molar-refractivity contribution in [2.75, 3.05) is 26.2 Å². The van der Waals surface area contributed by atoms with Crippen LogP contribution in [0.15, 0.2) is 72.5 Å². The van der Waals surface area contributed by atoms with Crippen molar-refractivity contribution in [3.8, 4) is 11.5 Å². The van der Waals surface area contributed by atoms with Crippen LogP contribution >= 0.6 is 0 Å². The zero-order valence-corrected chi connectivity index (χ0v) is 22.5. The topological polar surface area (TPSA) is 52.9 Å². The Kier molecular flexibility index (Phi) is 10.5. The molecular weight excluding hydrogens is 477 g/mol. The molecule has 2 aromatic carbocycles. The highest BCUT2D eigenvalue weighted by Crippen LogP contribution is 2.34. The summed E-state index contributed by atoms with van der Waals surface area (Å²) in [6.07, 6.45) is 15.4. The minimum Gasteiger partial charge on any atom is -0.508 e. The molecule has 0 aromatic heterocycles. The fraction of sp³-hybridized carbons (Fsp3) is 0.455. The highest BCUT2D eigenvalue weighted by Gasteiger charge is 2.18. The van der Waals surface area contributed by atoms with Crippen LogP contribution in [0.2, 0.25) is 0 Å². The van der Waals surface area contributed by atoms with Gasteiger partial charge in [0.2, 0.25) is 0 Å². The number of benzene rings is 2. The van der Waals surface area contributed by atoms with Crippen molar-refractivity contribution in [3.63, 3.8) is 0 Å². The lowest BCUT2D eigenvalue weighted by atomic mass is 9.83. The summed E-state index contributed by atoms with van der Waals surface area (Å²) in [7, 11) is 0. The van der Waals surface area contributed by atoms with Crippen LogP contribution in [0.4, 0.5) is 4.39 Å². The summed E-state index contributed by atoms with van der Waals surface area (Å²) in [4.78, 5) is 2.41. The molecule has 2 aromatic rings. The summed E-state index contributed by atoms with van der Waals surface area (Å²) in [5.74, 6) is 0.801. The number of likely N-dealkylation sites (tertiary alicyclic amines) is 1. The Morgan fingerprint density at radius 2 is 1.76 bits per heavy atom. The normalized spacial score (nSPS) is 21.8. The molecule has 1 aliphatic heterocycles. The fourth-order valence-electron chi connectivity index (χ4n) is 5.58. The summed E-state index contributed by atoms with van der Waals surface area (Å²) in [6, 6.07) is 10.9. The van der Waals surface area contributed by atoms with Crippen molar-refractivity contribution in [2.45, 2.75) is 70.1 Å². The second-order valence-electron chi connectivity index (χ2n) is 10.7. The third-order valence-electron chi connectivity index (χ3n) is 7.72. The number of hydrogen-bond acceptors (Lipinski definition) is 4. The molecule has 0 amide bonds. The second kappa shape index (κ2) is 14.2. The molecule has 1 fully saturated rings. The summed E-state index contributed by atoms with van der Waals surface area (Å²) in [5, 5.41) is 20.1. The van der Waals surface area contributed by atoms with Crippen molar-refractivity contribution < 1.29 is 19.3 Å². The van der Waals surface area contributed by atoms with E-state index in [0.717, 1.165) is 62.0 Å². The monoisotopic (exact) mass is 519 g/mol. The number of hydrogen-bond donors (Lipinski definition) is 2. The van der Waals surface area contributed by atoms with Gasteiger partial charge in [-0.2, -0.15) is 0 Å². The Balaban J connectivity index is 1.38. The molecule has 0 bridgehead atoms. The number of aromatic hydroxyl groups is 1. The third-order valence-corrected chi connectivity index (χ3v) is 7.72. The van der Waals surface area contributed by atoms with Crippen LogP contribution in [0.5, 0.6) is 11.5 Å². The maximum Gasteiger partial charge on any atom is 0.165 e. The van der Waals surface area contributed by atoms with Gasteiger partial charge in [-0.15, -0.1) is 0 Å². The molecule has 1 saturated heterocycles. The van der Waals surface area contributed by atoms with E-state index in [-0.39, 0.29) is 23.2 Å². The van der Waals surface area contributed by atoms with E-state index in [1.54, 1.807) is 24.3 Å². The summed E-state index contributed by atoms with van der Waals surface area (Å²) < 4.78 is 20.6. The van der Waals surface area contributed by atoms with E-state index in [4.69, 9.17) is 4.74 Å². The largest absolute Gasteiger partial charge is 0.508 e. The van der Waals surface area contributed by atoms with Gasteiger partial charge in [0, 0.05) is 6.54 Å². The van der Waals surface area contributed by atoms with E-state index in [0.29, 0.717) is 25.2 Å². The summed E-state index contributed by atoms with van der Waals surface area (Å²) in [6.45, 7) is 7.72. The molecule has 0 radical (unpaired) electrons. The molecule has 204 valence electrons. The Labute approximate surface area is 227 Å². The van der Waals surface area contributed by atoms with Crippen LogP contribution in [0.1, 0.15) is 74.0 Å². The van der Waals surface area contributed by atoms with Gasteiger partial charge in [0.1, 0.15) is 18.1 Å². The van der Waals surface area contributed by atoms with Crippen molar-refractivity contribution >= 4 is 0 Å². The number of halogens is 1. The fourth-order valence-corrected chi connectivity index (χ4v) is 5.58. The van der Waals surface area contributed by atoms with Crippen LogP contribution in [-0.2, 0) is 12.8 Å². The molecule has 1 atom stereocenters. The Morgan fingerprint density at radius 1 is 0.947 bits per heavy atom. The molecule has 4 nitrogen and oxygen atoms in total. The maximum atomic E-state index is 14.8. The number of aryl methyl sites for hydroxylation is 2. The van der Waals surface area contributed by atoms with E-state index < -0.39 is 0 Å². The predicted molar refractivity (Wildman–Crippen MR) is 153 cm³/mol. The first-order valence-electron chi connectivity index (χ1n) is 14.2. The molecule has 0 saturated carbocycles. The predicted octanol–water partition coefficient (Wildman–Crippen LogP) is 7.78. The molecule has 2 N–H and O–H groups in total.